The number of carbonyl (C=O) groups excluding carboxylic acids is 2. The Morgan fingerprint density at radius 1 is 1.17 bits per heavy atom. The fourth-order valence-corrected chi connectivity index (χ4v) is 3.03. The number of benzene rings is 2. The molecule has 0 saturated carbocycles. The van der Waals surface area contributed by atoms with Crippen molar-refractivity contribution in [2.45, 2.75) is 19.8 Å². The maximum atomic E-state index is 12.3. The average molecular weight is 329 g/mol. The first-order chi connectivity index (χ1) is 11.0. The van der Waals surface area contributed by atoms with Crippen LogP contribution in [0.25, 0.3) is 0 Å². The highest BCUT2D eigenvalue weighted by Crippen LogP contribution is 2.30. The number of halogens is 1. The van der Waals surface area contributed by atoms with Crippen LogP contribution in [-0.2, 0) is 11.2 Å². The minimum Gasteiger partial charge on any atom is -0.322 e. The number of hydrogen-bond acceptors (Lipinski definition) is 2. The van der Waals surface area contributed by atoms with E-state index in [9.17, 15) is 9.59 Å². The van der Waals surface area contributed by atoms with Gasteiger partial charge in [0.25, 0.3) is 5.91 Å². The van der Waals surface area contributed by atoms with Gasteiger partial charge >= 0.3 is 0 Å². The normalized spacial score (nSPS) is 13.4. The summed E-state index contributed by atoms with van der Waals surface area (Å²) in [7, 11) is 0. The Hall–Kier alpha value is -2.33. The molecule has 0 atom stereocenters. The monoisotopic (exact) mass is 328 g/mol. The predicted molar refractivity (Wildman–Crippen MR) is 92.2 cm³/mol. The van der Waals surface area contributed by atoms with E-state index in [1.54, 1.807) is 36.1 Å². The van der Waals surface area contributed by atoms with Crippen LogP contribution in [0.5, 0.6) is 0 Å². The van der Waals surface area contributed by atoms with Gasteiger partial charge in [0, 0.05) is 35.4 Å². The molecular weight excluding hydrogens is 312 g/mol. The molecule has 1 aliphatic heterocycles. The number of amides is 2. The van der Waals surface area contributed by atoms with Crippen molar-refractivity contribution in [2.75, 3.05) is 16.8 Å². The highest BCUT2D eigenvalue weighted by molar-refractivity contribution is 6.31. The SMILES string of the molecule is CC(=O)N1CCCc2cc(NC(=O)c3cccc(Cl)c3)ccc21. The van der Waals surface area contributed by atoms with Gasteiger partial charge in [-0.05, 0) is 54.8 Å². The topological polar surface area (TPSA) is 49.4 Å². The summed E-state index contributed by atoms with van der Waals surface area (Å²) in [5, 5.41) is 3.41. The van der Waals surface area contributed by atoms with Crippen molar-refractivity contribution in [3.8, 4) is 0 Å². The predicted octanol–water partition coefficient (Wildman–Crippen LogP) is 3.89. The zero-order valence-corrected chi connectivity index (χ0v) is 13.6. The van der Waals surface area contributed by atoms with E-state index in [1.807, 2.05) is 18.2 Å². The lowest BCUT2D eigenvalue weighted by atomic mass is 10.0. The average Bonchev–Trinajstić information content (AvgIpc) is 2.54. The van der Waals surface area contributed by atoms with Crippen molar-refractivity contribution >= 4 is 34.8 Å². The Morgan fingerprint density at radius 2 is 2.00 bits per heavy atom. The molecule has 1 aliphatic rings. The molecule has 0 aliphatic carbocycles. The number of rotatable bonds is 2. The first-order valence-corrected chi connectivity index (χ1v) is 7.90. The van der Waals surface area contributed by atoms with Crippen LogP contribution >= 0.6 is 11.6 Å². The summed E-state index contributed by atoms with van der Waals surface area (Å²) in [5.74, 6) is -0.159. The van der Waals surface area contributed by atoms with Crippen molar-refractivity contribution in [1.82, 2.24) is 0 Å². The number of hydrogen-bond donors (Lipinski definition) is 1. The molecule has 23 heavy (non-hydrogen) atoms. The fourth-order valence-electron chi connectivity index (χ4n) is 2.83. The zero-order chi connectivity index (χ0) is 16.4. The Bertz CT molecular complexity index is 773. The summed E-state index contributed by atoms with van der Waals surface area (Å²) in [6.07, 6.45) is 1.83. The van der Waals surface area contributed by atoms with E-state index in [0.717, 1.165) is 36.3 Å². The first-order valence-electron chi connectivity index (χ1n) is 7.52. The number of anilines is 2. The van der Waals surface area contributed by atoms with Crippen molar-refractivity contribution in [3.05, 3.63) is 58.6 Å². The van der Waals surface area contributed by atoms with Gasteiger partial charge in [0.2, 0.25) is 5.91 Å². The van der Waals surface area contributed by atoms with E-state index in [4.69, 9.17) is 11.6 Å². The van der Waals surface area contributed by atoms with Gasteiger partial charge in [-0.15, -0.1) is 0 Å². The lowest BCUT2D eigenvalue weighted by molar-refractivity contribution is -0.116. The van der Waals surface area contributed by atoms with Gasteiger partial charge in [-0.25, -0.2) is 0 Å². The molecular formula is C18H17ClN2O2. The number of carbonyl (C=O) groups is 2. The third-order valence-corrected chi connectivity index (χ3v) is 4.16. The highest BCUT2D eigenvalue weighted by atomic mass is 35.5. The fraction of sp³-hybridized carbons (Fsp3) is 0.222. The molecule has 2 amide bonds. The molecule has 0 spiro atoms. The summed E-state index contributed by atoms with van der Waals surface area (Å²) >= 11 is 5.91. The molecule has 0 fully saturated rings. The summed E-state index contributed by atoms with van der Waals surface area (Å²) in [4.78, 5) is 25.7. The molecule has 0 bridgehead atoms. The third-order valence-electron chi connectivity index (χ3n) is 3.92. The van der Waals surface area contributed by atoms with Crippen LogP contribution in [0.2, 0.25) is 5.02 Å². The number of aryl methyl sites for hydroxylation is 1. The van der Waals surface area contributed by atoms with Gasteiger partial charge in [-0.1, -0.05) is 17.7 Å². The lowest BCUT2D eigenvalue weighted by Crippen LogP contribution is -2.33. The van der Waals surface area contributed by atoms with E-state index in [2.05, 4.69) is 5.32 Å². The minimum absolute atomic E-state index is 0.0432. The quantitative estimate of drug-likeness (QED) is 0.909. The van der Waals surface area contributed by atoms with Crippen molar-refractivity contribution in [1.29, 1.82) is 0 Å². The molecule has 0 aromatic heterocycles. The van der Waals surface area contributed by atoms with Crippen LogP contribution in [0.1, 0.15) is 29.3 Å². The molecule has 3 rings (SSSR count). The second kappa shape index (κ2) is 6.42. The van der Waals surface area contributed by atoms with Gasteiger partial charge in [0.05, 0.1) is 0 Å². The van der Waals surface area contributed by atoms with Crippen molar-refractivity contribution in [2.24, 2.45) is 0 Å². The van der Waals surface area contributed by atoms with E-state index in [1.165, 1.54) is 0 Å². The van der Waals surface area contributed by atoms with E-state index in [0.29, 0.717) is 10.6 Å². The van der Waals surface area contributed by atoms with E-state index in [-0.39, 0.29) is 11.8 Å². The smallest absolute Gasteiger partial charge is 0.255 e. The molecule has 4 nitrogen and oxygen atoms in total. The maximum absolute atomic E-state index is 12.3. The van der Waals surface area contributed by atoms with Crippen LogP contribution in [-0.4, -0.2) is 18.4 Å². The van der Waals surface area contributed by atoms with Gasteiger partial charge in [0.1, 0.15) is 0 Å². The lowest BCUT2D eigenvalue weighted by Gasteiger charge is -2.29. The standard InChI is InChI=1S/C18H17ClN2O2/c1-12(22)21-9-3-5-13-11-16(7-8-17(13)21)20-18(23)14-4-2-6-15(19)10-14/h2,4,6-8,10-11H,3,5,9H2,1H3,(H,20,23). The Labute approximate surface area is 140 Å². The zero-order valence-electron chi connectivity index (χ0n) is 12.8. The number of nitrogens with one attached hydrogen (secondary N) is 1. The molecule has 118 valence electrons. The van der Waals surface area contributed by atoms with E-state index < -0.39 is 0 Å². The largest absolute Gasteiger partial charge is 0.322 e. The van der Waals surface area contributed by atoms with E-state index >= 15 is 0 Å². The molecule has 0 saturated heterocycles. The highest BCUT2D eigenvalue weighted by Gasteiger charge is 2.20. The number of nitrogens with zero attached hydrogens (tertiary/aromatic N) is 1. The molecule has 1 N–H and O–H groups in total. The summed E-state index contributed by atoms with van der Waals surface area (Å²) in [6, 6.07) is 12.5. The third kappa shape index (κ3) is 3.37. The van der Waals surface area contributed by atoms with Crippen LogP contribution in [0.15, 0.2) is 42.5 Å². The maximum Gasteiger partial charge on any atom is 0.255 e. The summed E-state index contributed by atoms with van der Waals surface area (Å²) in [5.41, 5.74) is 3.25. The Morgan fingerprint density at radius 3 is 2.74 bits per heavy atom. The van der Waals surface area contributed by atoms with Gasteiger partial charge in [-0.3, -0.25) is 9.59 Å². The molecule has 2 aromatic rings. The molecule has 1 heterocycles. The minimum atomic E-state index is -0.202. The summed E-state index contributed by atoms with van der Waals surface area (Å²) in [6.45, 7) is 2.32. The van der Waals surface area contributed by atoms with Crippen LogP contribution in [0.3, 0.4) is 0 Å². The molecule has 2 aromatic carbocycles. The van der Waals surface area contributed by atoms with Gasteiger partial charge < -0.3 is 10.2 Å². The Balaban J connectivity index is 1.82. The van der Waals surface area contributed by atoms with Crippen molar-refractivity contribution < 1.29 is 9.59 Å². The van der Waals surface area contributed by atoms with Crippen molar-refractivity contribution in [3.63, 3.8) is 0 Å². The number of fused-ring (bicyclic) bond motifs is 1. The van der Waals surface area contributed by atoms with Gasteiger partial charge in [0.15, 0.2) is 0 Å². The molecule has 0 radical (unpaired) electrons. The van der Waals surface area contributed by atoms with Crippen LogP contribution in [0.4, 0.5) is 11.4 Å². The Kier molecular flexibility index (Phi) is 4.35. The second-order valence-corrected chi connectivity index (χ2v) is 6.02. The molecule has 5 heteroatoms. The van der Waals surface area contributed by atoms with Crippen LogP contribution < -0.4 is 10.2 Å². The van der Waals surface area contributed by atoms with Gasteiger partial charge in [-0.2, -0.15) is 0 Å². The second-order valence-electron chi connectivity index (χ2n) is 5.58. The summed E-state index contributed by atoms with van der Waals surface area (Å²) < 4.78 is 0. The van der Waals surface area contributed by atoms with Crippen LogP contribution in [0, 0.1) is 0 Å². The molecule has 0 unspecified atom stereocenters. The first kappa shape index (κ1) is 15.6.